The lowest BCUT2D eigenvalue weighted by atomic mass is 9.89. The molecular formula is C47H54N4O7. The Hall–Kier alpha value is -4.91. The Bertz CT molecular complexity index is 2020. The molecule has 4 fully saturated rings. The van der Waals surface area contributed by atoms with Gasteiger partial charge in [-0.05, 0) is 84.8 Å². The summed E-state index contributed by atoms with van der Waals surface area (Å²) in [5.74, 6) is -0.686. The average molecular weight is 787 g/mol. The molecule has 4 aromatic carbocycles. The van der Waals surface area contributed by atoms with E-state index in [-0.39, 0.29) is 50.2 Å². The topological polar surface area (TPSA) is 121 Å². The molecule has 1 unspecified atom stereocenters. The number of carbonyl (C=O) groups excluding carboxylic acids is 3. The van der Waals surface area contributed by atoms with Gasteiger partial charge in [0.15, 0.2) is 6.29 Å². The quantitative estimate of drug-likeness (QED) is 0.142. The number of alkyl carbamates (subject to hydrolysis) is 1. The molecule has 304 valence electrons. The Morgan fingerprint density at radius 3 is 2.29 bits per heavy atom. The maximum atomic E-state index is 13.2. The van der Waals surface area contributed by atoms with Gasteiger partial charge in [0.2, 0.25) is 5.91 Å². The standard InChI is InChI=1S/C47H54N4O7/c1-32-42(29-50-24-8-13-40(50)28-49-22-5-6-23-49)57-46(58-44(32)37-16-14-33(30-52)15-17-37)38-20-18-36(19-21-38)39-12-7-11-35(25-39)27-51-43(53)26-41(45(51)54)48-47(55)56-31-34-9-3-2-4-10-34/h2-4,7,9-12,14-21,25,32,40-42,44,46,52H,5-6,8,13,22-24,26-31H2,1H3,(H,48,55)/t32-,40-,41?,42+,44+,46+/m0/s1. The summed E-state index contributed by atoms with van der Waals surface area (Å²) in [6.45, 7) is 7.87. The van der Waals surface area contributed by atoms with Crippen molar-refractivity contribution in [1.29, 1.82) is 0 Å². The van der Waals surface area contributed by atoms with Crippen molar-refractivity contribution in [2.75, 3.05) is 32.7 Å². The minimum Gasteiger partial charge on any atom is -0.445 e. The first kappa shape index (κ1) is 39.9. The van der Waals surface area contributed by atoms with Crippen molar-refractivity contribution in [3.05, 3.63) is 131 Å². The van der Waals surface area contributed by atoms with Crippen LogP contribution in [0.2, 0.25) is 0 Å². The van der Waals surface area contributed by atoms with Gasteiger partial charge in [-0.3, -0.25) is 19.4 Å². The van der Waals surface area contributed by atoms with Crippen LogP contribution in [0.25, 0.3) is 11.1 Å². The highest BCUT2D eigenvalue weighted by Gasteiger charge is 2.42. The summed E-state index contributed by atoms with van der Waals surface area (Å²) in [7, 11) is 0. The summed E-state index contributed by atoms with van der Waals surface area (Å²) in [4.78, 5) is 45.1. The van der Waals surface area contributed by atoms with Crippen molar-refractivity contribution >= 4 is 17.9 Å². The maximum Gasteiger partial charge on any atom is 0.408 e. The lowest BCUT2D eigenvalue weighted by Crippen LogP contribution is -2.48. The molecule has 6 atom stereocenters. The van der Waals surface area contributed by atoms with Gasteiger partial charge in [-0.2, -0.15) is 0 Å². The second-order valence-electron chi connectivity index (χ2n) is 16.2. The van der Waals surface area contributed by atoms with Crippen molar-refractivity contribution in [3.63, 3.8) is 0 Å². The molecule has 4 aromatic rings. The van der Waals surface area contributed by atoms with Crippen LogP contribution < -0.4 is 5.32 Å². The molecule has 0 radical (unpaired) electrons. The van der Waals surface area contributed by atoms with Crippen LogP contribution in [0.15, 0.2) is 103 Å². The lowest BCUT2D eigenvalue weighted by Gasteiger charge is -2.43. The summed E-state index contributed by atoms with van der Waals surface area (Å²) in [5, 5.41) is 12.2. The normalized spacial score (nSPS) is 25.4. The third-order valence-electron chi connectivity index (χ3n) is 12.2. The summed E-state index contributed by atoms with van der Waals surface area (Å²) in [6.07, 6.45) is 3.39. The van der Waals surface area contributed by atoms with Crippen LogP contribution in [0.4, 0.5) is 4.79 Å². The van der Waals surface area contributed by atoms with Gasteiger partial charge >= 0.3 is 6.09 Å². The zero-order valence-corrected chi connectivity index (χ0v) is 33.2. The van der Waals surface area contributed by atoms with E-state index in [0.717, 1.165) is 58.6 Å². The zero-order chi connectivity index (χ0) is 40.0. The van der Waals surface area contributed by atoms with Crippen molar-refractivity contribution in [2.45, 2.75) is 89.4 Å². The molecule has 8 rings (SSSR count). The molecule has 11 heteroatoms. The highest BCUT2D eigenvalue weighted by atomic mass is 16.7. The van der Waals surface area contributed by atoms with Gasteiger partial charge in [0.25, 0.3) is 5.91 Å². The van der Waals surface area contributed by atoms with Crippen LogP contribution >= 0.6 is 0 Å². The molecule has 0 saturated carbocycles. The van der Waals surface area contributed by atoms with Crippen LogP contribution in [0.3, 0.4) is 0 Å². The minimum absolute atomic E-state index is 0.00129. The van der Waals surface area contributed by atoms with E-state index in [2.05, 4.69) is 58.4 Å². The predicted octanol–water partition coefficient (Wildman–Crippen LogP) is 6.75. The number of amides is 3. The second-order valence-corrected chi connectivity index (χ2v) is 16.2. The lowest BCUT2D eigenvalue weighted by molar-refractivity contribution is -0.276. The molecule has 4 aliphatic heterocycles. The number of aliphatic hydroxyl groups is 1. The third-order valence-corrected chi connectivity index (χ3v) is 12.2. The molecule has 58 heavy (non-hydrogen) atoms. The summed E-state index contributed by atoms with van der Waals surface area (Å²) < 4.78 is 18.9. The fourth-order valence-electron chi connectivity index (χ4n) is 8.90. The smallest absolute Gasteiger partial charge is 0.408 e. The van der Waals surface area contributed by atoms with Gasteiger partial charge in [-0.25, -0.2) is 4.79 Å². The summed E-state index contributed by atoms with van der Waals surface area (Å²) >= 11 is 0. The number of aliphatic hydroxyl groups excluding tert-OH is 1. The van der Waals surface area contributed by atoms with Gasteiger partial charge in [0.05, 0.1) is 31.8 Å². The van der Waals surface area contributed by atoms with Gasteiger partial charge in [0, 0.05) is 30.6 Å². The van der Waals surface area contributed by atoms with E-state index in [1.54, 1.807) is 0 Å². The molecule has 4 heterocycles. The highest BCUT2D eigenvalue weighted by Crippen LogP contribution is 2.43. The van der Waals surface area contributed by atoms with Crippen molar-refractivity contribution in [1.82, 2.24) is 20.0 Å². The Kier molecular flexibility index (Phi) is 12.6. The number of carbonyl (C=O) groups is 3. The number of likely N-dealkylation sites (tertiary alicyclic amines) is 3. The van der Waals surface area contributed by atoms with E-state index in [4.69, 9.17) is 14.2 Å². The Morgan fingerprint density at radius 1 is 0.793 bits per heavy atom. The van der Waals surface area contributed by atoms with Crippen LogP contribution in [0, 0.1) is 5.92 Å². The zero-order valence-electron chi connectivity index (χ0n) is 33.2. The highest BCUT2D eigenvalue weighted by molar-refractivity contribution is 6.06. The van der Waals surface area contributed by atoms with Crippen LogP contribution in [-0.2, 0) is 43.6 Å². The van der Waals surface area contributed by atoms with E-state index < -0.39 is 24.3 Å². The number of ether oxygens (including phenoxy) is 3. The third kappa shape index (κ3) is 9.35. The van der Waals surface area contributed by atoms with E-state index in [1.165, 1.54) is 43.7 Å². The fourth-order valence-corrected chi connectivity index (χ4v) is 8.90. The van der Waals surface area contributed by atoms with E-state index in [1.807, 2.05) is 66.7 Å². The molecule has 2 N–H and O–H groups in total. The van der Waals surface area contributed by atoms with Gasteiger partial charge in [0.1, 0.15) is 12.6 Å². The Balaban J connectivity index is 0.933. The maximum absolute atomic E-state index is 13.2. The molecule has 11 nitrogen and oxygen atoms in total. The van der Waals surface area contributed by atoms with Crippen molar-refractivity contribution in [3.8, 4) is 11.1 Å². The molecule has 3 amide bonds. The molecule has 0 spiro atoms. The van der Waals surface area contributed by atoms with Gasteiger partial charge in [-0.1, -0.05) is 104 Å². The molecule has 0 aromatic heterocycles. The van der Waals surface area contributed by atoms with E-state index in [0.29, 0.717) is 6.04 Å². The molecular weight excluding hydrogens is 733 g/mol. The molecule has 4 saturated heterocycles. The molecule has 4 aliphatic rings. The monoisotopic (exact) mass is 786 g/mol. The van der Waals surface area contributed by atoms with Crippen molar-refractivity contribution < 1.29 is 33.7 Å². The molecule has 0 bridgehead atoms. The predicted molar refractivity (Wildman–Crippen MR) is 219 cm³/mol. The number of benzene rings is 4. The number of nitrogens with zero attached hydrogens (tertiary/aromatic N) is 3. The molecule has 0 aliphatic carbocycles. The minimum atomic E-state index is -0.968. The number of rotatable bonds is 13. The number of imide groups is 1. The first-order valence-corrected chi connectivity index (χ1v) is 20.8. The number of hydrogen-bond acceptors (Lipinski definition) is 9. The first-order chi connectivity index (χ1) is 28.3. The van der Waals surface area contributed by atoms with E-state index in [9.17, 15) is 19.5 Å². The summed E-state index contributed by atoms with van der Waals surface area (Å²) in [6, 6.07) is 32.9. The van der Waals surface area contributed by atoms with Crippen LogP contribution in [0.5, 0.6) is 0 Å². The van der Waals surface area contributed by atoms with Gasteiger partial charge in [-0.15, -0.1) is 0 Å². The number of hydrogen-bond donors (Lipinski definition) is 2. The van der Waals surface area contributed by atoms with Gasteiger partial charge < -0.3 is 29.5 Å². The number of nitrogens with one attached hydrogen (secondary N) is 1. The van der Waals surface area contributed by atoms with Crippen LogP contribution in [-0.4, -0.2) is 88.6 Å². The SMILES string of the molecule is C[C@H]1[C@@H](CN2CCC[C@H]2CN2CCCC2)O[C@@H](c2ccc(-c3cccc(CN4C(=O)CC(NC(=O)OCc5ccccc5)C4=O)c3)cc2)O[C@H]1c1ccc(CO)cc1. The second kappa shape index (κ2) is 18.3. The summed E-state index contributed by atoms with van der Waals surface area (Å²) in [5.41, 5.74) is 6.42. The Labute approximate surface area is 340 Å². The first-order valence-electron chi connectivity index (χ1n) is 20.8. The fraction of sp³-hybridized carbons (Fsp3) is 0.426. The Morgan fingerprint density at radius 2 is 1.53 bits per heavy atom. The largest absolute Gasteiger partial charge is 0.445 e. The van der Waals surface area contributed by atoms with Crippen molar-refractivity contribution in [2.24, 2.45) is 5.92 Å². The van der Waals surface area contributed by atoms with Crippen LogP contribution in [0.1, 0.15) is 79.2 Å². The van der Waals surface area contributed by atoms with E-state index >= 15 is 0 Å². The average Bonchev–Trinajstić information content (AvgIpc) is 4.00.